The molecule has 3 aromatic carbocycles. The lowest BCUT2D eigenvalue weighted by atomic mass is 10.0. The summed E-state index contributed by atoms with van der Waals surface area (Å²) in [5, 5.41) is 9.89. The molecule has 0 saturated carbocycles. The zero-order valence-electron chi connectivity index (χ0n) is 19.3. The highest BCUT2D eigenvalue weighted by Gasteiger charge is 2.31. The van der Waals surface area contributed by atoms with Crippen molar-refractivity contribution >= 4 is 17.8 Å². The van der Waals surface area contributed by atoms with Gasteiger partial charge in [-0.2, -0.15) is 0 Å². The van der Waals surface area contributed by atoms with Crippen molar-refractivity contribution in [2.24, 2.45) is 5.73 Å². The summed E-state index contributed by atoms with van der Waals surface area (Å²) >= 11 is 0. The van der Waals surface area contributed by atoms with Gasteiger partial charge >= 0.3 is 5.97 Å². The molecular formula is C27H26N2O6. The predicted octanol–water partition coefficient (Wildman–Crippen LogP) is 3.75. The van der Waals surface area contributed by atoms with E-state index in [1.807, 2.05) is 49.4 Å². The van der Waals surface area contributed by atoms with E-state index in [1.54, 1.807) is 24.3 Å². The monoisotopic (exact) mass is 474 g/mol. The van der Waals surface area contributed by atoms with Gasteiger partial charge in [0.15, 0.2) is 11.5 Å². The average Bonchev–Trinajstić information content (AvgIpc) is 3.31. The quantitative estimate of drug-likeness (QED) is 0.488. The standard InChI is InChI=1S/C27H26N2O6/c1-17-3-2-4-18(13-17)15-29(22(27(32)33)10-12-25(28)30)26(31)20-7-5-19(6-8-20)21-9-11-23-24(14-21)35-16-34-23/h2-9,11,13-14,22H,10,12,15-16H2,1H3,(H2,28,30)(H,32,33)/t22-/m0/s1. The summed E-state index contributed by atoms with van der Waals surface area (Å²) in [4.78, 5) is 38.3. The molecule has 8 nitrogen and oxygen atoms in total. The third-order valence-corrected chi connectivity index (χ3v) is 5.86. The normalized spacial score (nSPS) is 12.7. The molecule has 35 heavy (non-hydrogen) atoms. The smallest absolute Gasteiger partial charge is 0.326 e. The van der Waals surface area contributed by atoms with Gasteiger partial charge in [-0.3, -0.25) is 9.59 Å². The van der Waals surface area contributed by atoms with Crippen LogP contribution in [0.5, 0.6) is 11.5 Å². The van der Waals surface area contributed by atoms with Crippen molar-refractivity contribution in [1.82, 2.24) is 4.90 Å². The summed E-state index contributed by atoms with van der Waals surface area (Å²) in [7, 11) is 0. The van der Waals surface area contributed by atoms with Gasteiger partial charge in [0.25, 0.3) is 5.91 Å². The third kappa shape index (κ3) is 5.60. The number of ether oxygens (including phenoxy) is 2. The van der Waals surface area contributed by atoms with E-state index < -0.39 is 23.8 Å². The molecular weight excluding hydrogens is 448 g/mol. The summed E-state index contributed by atoms with van der Waals surface area (Å²) in [6, 6.07) is 18.8. The number of aliphatic carboxylic acids is 1. The minimum Gasteiger partial charge on any atom is -0.480 e. The second-order valence-electron chi connectivity index (χ2n) is 8.43. The van der Waals surface area contributed by atoms with Gasteiger partial charge in [0.2, 0.25) is 12.7 Å². The maximum absolute atomic E-state index is 13.5. The highest BCUT2D eigenvalue weighted by Crippen LogP contribution is 2.36. The van der Waals surface area contributed by atoms with Crippen molar-refractivity contribution in [3.8, 4) is 22.6 Å². The van der Waals surface area contributed by atoms with Crippen molar-refractivity contribution in [2.45, 2.75) is 32.4 Å². The van der Waals surface area contributed by atoms with Crippen LogP contribution in [0.4, 0.5) is 0 Å². The largest absolute Gasteiger partial charge is 0.480 e. The van der Waals surface area contributed by atoms with E-state index in [2.05, 4.69) is 0 Å². The zero-order valence-corrected chi connectivity index (χ0v) is 19.3. The van der Waals surface area contributed by atoms with Gasteiger partial charge in [-0.1, -0.05) is 48.0 Å². The average molecular weight is 475 g/mol. The van der Waals surface area contributed by atoms with Gasteiger partial charge in [-0.15, -0.1) is 0 Å². The van der Waals surface area contributed by atoms with Crippen LogP contribution in [0.1, 0.15) is 34.3 Å². The molecule has 0 aliphatic carbocycles. The lowest BCUT2D eigenvalue weighted by Gasteiger charge is -2.29. The molecule has 3 aromatic rings. The van der Waals surface area contributed by atoms with E-state index in [4.69, 9.17) is 15.2 Å². The third-order valence-electron chi connectivity index (χ3n) is 5.86. The molecule has 4 rings (SSSR count). The van der Waals surface area contributed by atoms with Gasteiger partial charge in [0.1, 0.15) is 6.04 Å². The Morgan fingerprint density at radius 3 is 2.37 bits per heavy atom. The van der Waals surface area contributed by atoms with E-state index in [1.165, 1.54) is 4.90 Å². The SMILES string of the molecule is Cc1cccc(CN(C(=O)c2ccc(-c3ccc4c(c3)OCO4)cc2)[C@@H](CCC(N)=O)C(=O)O)c1. The number of amides is 2. The second-order valence-corrected chi connectivity index (χ2v) is 8.43. The Morgan fingerprint density at radius 1 is 0.971 bits per heavy atom. The molecule has 1 aliphatic heterocycles. The van der Waals surface area contributed by atoms with Gasteiger partial charge in [0.05, 0.1) is 0 Å². The second kappa shape index (κ2) is 10.3. The maximum Gasteiger partial charge on any atom is 0.326 e. The van der Waals surface area contributed by atoms with Crippen LogP contribution in [0, 0.1) is 6.92 Å². The molecule has 0 fully saturated rings. The van der Waals surface area contributed by atoms with E-state index in [9.17, 15) is 19.5 Å². The number of carbonyl (C=O) groups excluding carboxylic acids is 2. The number of carbonyl (C=O) groups is 3. The Labute approximate surface area is 202 Å². The summed E-state index contributed by atoms with van der Waals surface area (Å²) < 4.78 is 10.8. The number of primary amides is 1. The molecule has 1 aliphatic rings. The maximum atomic E-state index is 13.5. The lowest BCUT2D eigenvalue weighted by molar-refractivity contribution is -0.143. The molecule has 0 aromatic heterocycles. The lowest BCUT2D eigenvalue weighted by Crippen LogP contribution is -2.45. The van der Waals surface area contributed by atoms with Crippen LogP contribution < -0.4 is 15.2 Å². The zero-order chi connectivity index (χ0) is 24.9. The number of fused-ring (bicyclic) bond motifs is 1. The van der Waals surface area contributed by atoms with E-state index in [0.29, 0.717) is 17.1 Å². The molecule has 1 heterocycles. The van der Waals surface area contributed by atoms with E-state index in [0.717, 1.165) is 22.3 Å². The molecule has 180 valence electrons. The van der Waals surface area contributed by atoms with E-state index in [-0.39, 0.29) is 26.2 Å². The fourth-order valence-electron chi connectivity index (χ4n) is 4.07. The molecule has 0 unspecified atom stereocenters. The fraction of sp³-hybridized carbons (Fsp3) is 0.222. The van der Waals surface area contributed by atoms with Crippen LogP contribution in [-0.2, 0) is 16.1 Å². The van der Waals surface area contributed by atoms with Gasteiger partial charge in [-0.05, 0) is 54.3 Å². The van der Waals surface area contributed by atoms with Crippen molar-refractivity contribution < 1.29 is 29.0 Å². The van der Waals surface area contributed by atoms with Gasteiger partial charge in [0, 0.05) is 18.5 Å². The van der Waals surface area contributed by atoms with Crippen LogP contribution in [0.15, 0.2) is 66.7 Å². The van der Waals surface area contributed by atoms with Crippen LogP contribution in [0.3, 0.4) is 0 Å². The minimum absolute atomic E-state index is 0.0719. The number of hydrogen-bond acceptors (Lipinski definition) is 5. The van der Waals surface area contributed by atoms with Gasteiger partial charge in [-0.25, -0.2) is 4.79 Å². The van der Waals surface area contributed by atoms with Crippen LogP contribution in [0.2, 0.25) is 0 Å². The fourth-order valence-corrected chi connectivity index (χ4v) is 4.07. The summed E-state index contributed by atoms with van der Waals surface area (Å²) in [6.45, 7) is 2.19. The van der Waals surface area contributed by atoms with Gasteiger partial charge < -0.3 is 25.2 Å². The topological polar surface area (TPSA) is 119 Å². The number of hydrogen-bond donors (Lipinski definition) is 2. The van der Waals surface area contributed by atoms with Crippen LogP contribution in [-0.4, -0.2) is 40.6 Å². The Bertz CT molecular complexity index is 1250. The molecule has 2 amide bonds. The van der Waals surface area contributed by atoms with Crippen molar-refractivity contribution in [2.75, 3.05) is 6.79 Å². The first-order chi connectivity index (χ1) is 16.8. The number of carboxylic acids is 1. The Kier molecular flexibility index (Phi) is 7.01. The Balaban J connectivity index is 1.62. The Morgan fingerprint density at radius 2 is 1.69 bits per heavy atom. The summed E-state index contributed by atoms with van der Waals surface area (Å²) in [6.07, 6.45) is -0.213. The van der Waals surface area contributed by atoms with Crippen molar-refractivity contribution in [3.63, 3.8) is 0 Å². The van der Waals surface area contributed by atoms with E-state index >= 15 is 0 Å². The highest BCUT2D eigenvalue weighted by molar-refractivity contribution is 5.97. The van der Waals surface area contributed by atoms with Crippen molar-refractivity contribution in [1.29, 1.82) is 0 Å². The Hall–Kier alpha value is -4.33. The number of nitrogens with two attached hydrogens (primary N) is 1. The summed E-state index contributed by atoms with van der Waals surface area (Å²) in [5.74, 6) is -0.911. The number of rotatable bonds is 9. The highest BCUT2D eigenvalue weighted by atomic mass is 16.7. The molecule has 0 spiro atoms. The van der Waals surface area contributed by atoms with Crippen LogP contribution in [0.25, 0.3) is 11.1 Å². The number of benzene rings is 3. The predicted molar refractivity (Wildman–Crippen MR) is 129 cm³/mol. The van der Waals surface area contributed by atoms with Crippen LogP contribution >= 0.6 is 0 Å². The molecule has 0 radical (unpaired) electrons. The molecule has 8 heteroatoms. The molecule has 3 N–H and O–H groups in total. The summed E-state index contributed by atoms with van der Waals surface area (Å²) in [5.41, 5.74) is 9.15. The first-order valence-corrected chi connectivity index (χ1v) is 11.2. The first-order valence-electron chi connectivity index (χ1n) is 11.2. The number of carboxylic acid groups (broad SMARTS) is 1. The molecule has 0 saturated heterocycles. The number of nitrogens with zero attached hydrogens (tertiary/aromatic N) is 1. The minimum atomic E-state index is -1.20. The molecule has 1 atom stereocenters. The first kappa shape index (κ1) is 23.8. The molecule has 0 bridgehead atoms. The number of aryl methyl sites for hydroxylation is 1. The van der Waals surface area contributed by atoms with Crippen molar-refractivity contribution in [3.05, 3.63) is 83.4 Å².